The van der Waals surface area contributed by atoms with Crippen LogP contribution < -0.4 is 10.1 Å². The standard InChI is InChI=1S/C14H21NO2/c1-4-14(2)10-17-13(9-15-14)11-6-5-7-12(8-11)16-3/h5-8,13,15H,4,9-10H2,1-3H3. The van der Waals surface area contributed by atoms with Crippen molar-refractivity contribution in [3.63, 3.8) is 0 Å². The third kappa shape index (κ3) is 2.79. The first-order valence-electron chi connectivity index (χ1n) is 6.17. The molecule has 1 aromatic carbocycles. The second-order valence-electron chi connectivity index (χ2n) is 4.87. The lowest BCUT2D eigenvalue weighted by Crippen LogP contribution is -2.52. The number of hydrogen-bond donors (Lipinski definition) is 1. The fourth-order valence-corrected chi connectivity index (χ4v) is 2.02. The van der Waals surface area contributed by atoms with Crippen LogP contribution in [0, 0.1) is 0 Å². The van der Waals surface area contributed by atoms with Crippen LogP contribution in [0.15, 0.2) is 24.3 Å². The van der Waals surface area contributed by atoms with Gasteiger partial charge in [-0.1, -0.05) is 19.1 Å². The lowest BCUT2D eigenvalue weighted by Gasteiger charge is -2.38. The van der Waals surface area contributed by atoms with Crippen molar-refractivity contribution in [2.75, 3.05) is 20.3 Å². The Morgan fingerprint density at radius 1 is 1.53 bits per heavy atom. The van der Waals surface area contributed by atoms with E-state index in [2.05, 4.69) is 25.2 Å². The molecule has 17 heavy (non-hydrogen) atoms. The molecule has 1 heterocycles. The molecule has 2 atom stereocenters. The van der Waals surface area contributed by atoms with E-state index < -0.39 is 0 Å². The summed E-state index contributed by atoms with van der Waals surface area (Å²) in [6.07, 6.45) is 1.21. The number of hydrogen-bond acceptors (Lipinski definition) is 3. The SMILES string of the molecule is CCC1(C)COC(c2cccc(OC)c2)CN1. The normalized spacial score (nSPS) is 29.0. The third-order valence-corrected chi connectivity index (χ3v) is 3.56. The van der Waals surface area contributed by atoms with E-state index in [1.807, 2.05) is 18.2 Å². The number of nitrogens with one attached hydrogen (secondary N) is 1. The molecule has 3 heteroatoms. The van der Waals surface area contributed by atoms with Gasteiger partial charge in [0.05, 0.1) is 19.8 Å². The van der Waals surface area contributed by atoms with Crippen molar-refractivity contribution in [3.8, 4) is 5.75 Å². The van der Waals surface area contributed by atoms with Gasteiger partial charge in [0, 0.05) is 12.1 Å². The molecule has 0 amide bonds. The average Bonchev–Trinajstić information content (AvgIpc) is 2.40. The third-order valence-electron chi connectivity index (χ3n) is 3.56. The van der Waals surface area contributed by atoms with Gasteiger partial charge in [0.1, 0.15) is 5.75 Å². The van der Waals surface area contributed by atoms with Crippen LogP contribution in [0.3, 0.4) is 0 Å². The molecule has 0 spiro atoms. The summed E-state index contributed by atoms with van der Waals surface area (Å²) in [4.78, 5) is 0. The molecule has 1 aromatic rings. The Balaban J connectivity index is 2.05. The van der Waals surface area contributed by atoms with Gasteiger partial charge >= 0.3 is 0 Å². The van der Waals surface area contributed by atoms with Crippen molar-refractivity contribution in [2.24, 2.45) is 0 Å². The fourth-order valence-electron chi connectivity index (χ4n) is 2.02. The highest BCUT2D eigenvalue weighted by Crippen LogP contribution is 2.27. The van der Waals surface area contributed by atoms with Gasteiger partial charge in [-0.15, -0.1) is 0 Å². The van der Waals surface area contributed by atoms with Gasteiger partial charge in [-0.3, -0.25) is 0 Å². The van der Waals surface area contributed by atoms with E-state index in [9.17, 15) is 0 Å². The number of methoxy groups -OCH3 is 1. The van der Waals surface area contributed by atoms with Gasteiger partial charge < -0.3 is 14.8 Å². The van der Waals surface area contributed by atoms with E-state index in [1.165, 1.54) is 5.56 Å². The average molecular weight is 235 g/mol. The van der Waals surface area contributed by atoms with Crippen LogP contribution in [0.25, 0.3) is 0 Å². The summed E-state index contributed by atoms with van der Waals surface area (Å²) >= 11 is 0. The number of rotatable bonds is 3. The molecule has 0 radical (unpaired) electrons. The Morgan fingerprint density at radius 2 is 2.35 bits per heavy atom. The monoisotopic (exact) mass is 235 g/mol. The molecule has 0 bridgehead atoms. The number of benzene rings is 1. The maximum Gasteiger partial charge on any atom is 0.119 e. The molecule has 1 saturated heterocycles. The summed E-state index contributed by atoms with van der Waals surface area (Å²) in [6, 6.07) is 8.09. The predicted octanol–water partition coefficient (Wildman–Crippen LogP) is 2.52. The largest absolute Gasteiger partial charge is 0.497 e. The van der Waals surface area contributed by atoms with Crippen LogP contribution >= 0.6 is 0 Å². The summed E-state index contributed by atoms with van der Waals surface area (Å²) in [5.74, 6) is 0.884. The minimum atomic E-state index is 0.120. The van der Waals surface area contributed by atoms with Gasteiger partial charge in [-0.2, -0.15) is 0 Å². The van der Waals surface area contributed by atoms with Gasteiger partial charge in [0.25, 0.3) is 0 Å². The molecule has 1 aliphatic rings. The first-order chi connectivity index (χ1) is 8.17. The van der Waals surface area contributed by atoms with Crippen LogP contribution in [-0.2, 0) is 4.74 Å². The highest BCUT2D eigenvalue weighted by Gasteiger charge is 2.30. The van der Waals surface area contributed by atoms with E-state index in [0.717, 1.165) is 25.3 Å². The van der Waals surface area contributed by atoms with Crippen LogP contribution in [-0.4, -0.2) is 25.8 Å². The summed E-state index contributed by atoms with van der Waals surface area (Å²) in [5, 5.41) is 3.57. The molecular formula is C14H21NO2. The fraction of sp³-hybridized carbons (Fsp3) is 0.571. The minimum Gasteiger partial charge on any atom is -0.497 e. The van der Waals surface area contributed by atoms with Crippen molar-refractivity contribution < 1.29 is 9.47 Å². The molecule has 1 N–H and O–H groups in total. The van der Waals surface area contributed by atoms with Crippen LogP contribution in [0.4, 0.5) is 0 Å². The van der Waals surface area contributed by atoms with Crippen molar-refractivity contribution in [1.82, 2.24) is 5.32 Å². The van der Waals surface area contributed by atoms with Gasteiger partial charge in [-0.25, -0.2) is 0 Å². The van der Waals surface area contributed by atoms with Crippen LogP contribution in [0.5, 0.6) is 5.75 Å². The molecule has 1 aliphatic heterocycles. The van der Waals surface area contributed by atoms with E-state index in [1.54, 1.807) is 7.11 Å². The first kappa shape index (κ1) is 12.4. The maximum absolute atomic E-state index is 5.95. The topological polar surface area (TPSA) is 30.5 Å². The Morgan fingerprint density at radius 3 is 2.94 bits per heavy atom. The summed E-state index contributed by atoms with van der Waals surface area (Å²) in [7, 11) is 1.69. The number of morpholine rings is 1. The van der Waals surface area contributed by atoms with Crippen LogP contribution in [0.1, 0.15) is 31.9 Å². The lowest BCUT2D eigenvalue weighted by molar-refractivity contribution is -0.0300. The van der Waals surface area contributed by atoms with E-state index in [4.69, 9.17) is 9.47 Å². The Bertz CT molecular complexity index is 370. The zero-order valence-corrected chi connectivity index (χ0v) is 10.8. The van der Waals surface area contributed by atoms with E-state index in [-0.39, 0.29) is 11.6 Å². The molecule has 0 aliphatic carbocycles. The molecule has 0 aromatic heterocycles. The zero-order valence-electron chi connectivity index (χ0n) is 10.8. The second kappa shape index (κ2) is 5.07. The molecule has 2 rings (SSSR count). The van der Waals surface area contributed by atoms with E-state index in [0.29, 0.717) is 0 Å². The Kier molecular flexibility index (Phi) is 3.69. The van der Waals surface area contributed by atoms with Gasteiger partial charge in [-0.05, 0) is 31.0 Å². The molecule has 94 valence electrons. The van der Waals surface area contributed by atoms with Crippen molar-refractivity contribution in [3.05, 3.63) is 29.8 Å². The summed E-state index contributed by atoms with van der Waals surface area (Å²) in [5.41, 5.74) is 1.30. The summed E-state index contributed by atoms with van der Waals surface area (Å²) in [6.45, 7) is 6.00. The lowest BCUT2D eigenvalue weighted by atomic mass is 9.96. The molecule has 3 nitrogen and oxygen atoms in total. The number of ether oxygens (including phenoxy) is 2. The Labute approximate surface area is 103 Å². The molecule has 1 fully saturated rings. The van der Waals surface area contributed by atoms with Crippen LogP contribution in [0.2, 0.25) is 0 Å². The van der Waals surface area contributed by atoms with Crippen molar-refractivity contribution in [2.45, 2.75) is 31.9 Å². The second-order valence-corrected chi connectivity index (χ2v) is 4.87. The summed E-state index contributed by atoms with van der Waals surface area (Å²) < 4.78 is 11.2. The molecule has 0 saturated carbocycles. The van der Waals surface area contributed by atoms with Crippen molar-refractivity contribution >= 4 is 0 Å². The highest BCUT2D eigenvalue weighted by molar-refractivity contribution is 5.30. The van der Waals surface area contributed by atoms with Gasteiger partial charge in [0.15, 0.2) is 0 Å². The maximum atomic E-state index is 5.95. The Hall–Kier alpha value is -1.06. The smallest absolute Gasteiger partial charge is 0.119 e. The highest BCUT2D eigenvalue weighted by atomic mass is 16.5. The van der Waals surface area contributed by atoms with Crippen molar-refractivity contribution in [1.29, 1.82) is 0 Å². The minimum absolute atomic E-state index is 0.120. The van der Waals surface area contributed by atoms with Gasteiger partial charge in [0.2, 0.25) is 0 Å². The zero-order chi connectivity index (χ0) is 12.3. The first-order valence-corrected chi connectivity index (χ1v) is 6.17. The van der Waals surface area contributed by atoms with E-state index >= 15 is 0 Å². The molecular weight excluding hydrogens is 214 g/mol. The predicted molar refractivity (Wildman–Crippen MR) is 68.4 cm³/mol. The quantitative estimate of drug-likeness (QED) is 0.873. The molecule has 2 unspecified atom stereocenters.